The minimum Gasteiger partial charge on any atom is -0.475 e. The molecule has 1 fully saturated rings. The van der Waals surface area contributed by atoms with E-state index in [1.165, 1.54) is 6.07 Å². The normalized spacial score (nSPS) is 24.8. The Morgan fingerprint density at radius 2 is 2.29 bits per heavy atom. The molecule has 5 nitrogen and oxygen atoms in total. The number of carboxylic acid groups (broad SMARTS) is 1. The third-order valence-corrected chi connectivity index (χ3v) is 3.08. The summed E-state index contributed by atoms with van der Waals surface area (Å²) in [7, 11) is 0. The largest absolute Gasteiger partial charge is 0.475 e. The lowest BCUT2D eigenvalue weighted by Crippen LogP contribution is -2.35. The number of carbonyl (C=O) groups is 1. The van der Waals surface area contributed by atoms with Crippen LogP contribution < -0.4 is 5.32 Å². The fraction of sp³-hybridized carbons (Fsp3) is 0.583. The number of rotatable bonds is 4. The van der Waals surface area contributed by atoms with Gasteiger partial charge in [-0.3, -0.25) is 0 Å². The van der Waals surface area contributed by atoms with Crippen LogP contribution in [0.15, 0.2) is 16.5 Å². The van der Waals surface area contributed by atoms with Crippen molar-refractivity contribution in [2.45, 2.75) is 44.4 Å². The van der Waals surface area contributed by atoms with E-state index >= 15 is 0 Å². The molecule has 0 spiro atoms. The maximum absolute atomic E-state index is 10.6. The Morgan fingerprint density at radius 3 is 2.94 bits per heavy atom. The third kappa shape index (κ3) is 3.31. The molecule has 94 valence electrons. The van der Waals surface area contributed by atoms with Gasteiger partial charge in [0.05, 0.1) is 12.6 Å². The van der Waals surface area contributed by atoms with E-state index in [1.54, 1.807) is 6.07 Å². The summed E-state index contributed by atoms with van der Waals surface area (Å²) >= 11 is 0. The van der Waals surface area contributed by atoms with Crippen LogP contribution in [0.2, 0.25) is 0 Å². The summed E-state index contributed by atoms with van der Waals surface area (Å²) in [6.07, 6.45) is 3.49. The van der Waals surface area contributed by atoms with Gasteiger partial charge in [-0.2, -0.15) is 0 Å². The van der Waals surface area contributed by atoms with Crippen molar-refractivity contribution < 1.29 is 19.4 Å². The summed E-state index contributed by atoms with van der Waals surface area (Å²) in [5.41, 5.74) is 0. The highest BCUT2D eigenvalue weighted by Crippen LogP contribution is 2.19. The average molecular weight is 239 g/mol. The van der Waals surface area contributed by atoms with Crippen LogP contribution in [0.5, 0.6) is 0 Å². The molecule has 0 aliphatic heterocycles. The fourth-order valence-corrected chi connectivity index (χ4v) is 2.18. The van der Waals surface area contributed by atoms with E-state index in [4.69, 9.17) is 9.52 Å². The van der Waals surface area contributed by atoms with Crippen molar-refractivity contribution in [2.75, 3.05) is 0 Å². The molecule has 0 radical (unpaired) electrons. The lowest BCUT2D eigenvalue weighted by Gasteiger charge is -2.26. The lowest BCUT2D eigenvalue weighted by molar-refractivity contribution is 0.0660. The molecule has 0 aromatic carbocycles. The van der Waals surface area contributed by atoms with E-state index in [0.717, 1.165) is 25.7 Å². The van der Waals surface area contributed by atoms with Crippen molar-refractivity contribution in [3.05, 3.63) is 23.7 Å². The molecule has 1 aliphatic rings. The molecule has 3 N–H and O–H groups in total. The van der Waals surface area contributed by atoms with Gasteiger partial charge < -0.3 is 19.9 Å². The van der Waals surface area contributed by atoms with Crippen molar-refractivity contribution in [3.8, 4) is 0 Å². The summed E-state index contributed by atoms with van der Waals surface area (Å²) in [6.45, 7) is 0.505. The molecular weight excluding hydrogens is 222 g/mol. The number of aliphatic hydroxyl groups excluding tert-OH is 1. The average Bonchev–Trinajstić information content (AvgIpc) is 2.75. The number of nitrogens with one attached hydrogen (secondary N) is 1. The Hall–Kier alpha value is -1.33. The molecule has 1 aromatic rings. The predicted molar refractivity (Wildman–Crippen MR) is 60.8 cm³/mol. The Bertz CT molecular complexity index is 388. The second-order valence-corrected chi connectivity index (χ2v) is 4.47. The van der Waals surface area contributed by atoms with Gasteiger partial charge in [-0.25, -0.2) is 4.79 Å². The van der Waals surface area contributed by atoms with Gasteiger partial charge in [0.1, 0.15) is 5.76 Å². The molecule has 1 aliphatic carbocycles. The van der Waals surface area contributed by atoms with Crippen molar-refractivity contribution in [1.82, 2.24) is 5.32 Å². The van der Waals surface area contributed by atoms with Crippen LogP contribution >= 0.6 is 0 Å². The molecule has 0 bridgehead atoms. The molecule has 2 unspecified atom stereocenters. The van der Waals surface area contributed by atoms with Crippen LogP contribution in [-0.2, 0) is 6.54 Å². The smallest absolute Gasteiger partial charge is 0.371 e. The first-order valence-electron chi connectivity index (χ1n) is 5.88. The Kier molecular flexibility index (Phi) is 3.81. The summed E-state index contributed by atoms with van der Waals surface area (Å²) in [5.74, 6) is -0.475. The van der Waals surface area contributed by atoms with E-state index in [-0.39, 0.29) is 17.9 Å². The number of aromatic carboxylic acids is 1. The Labute approximate surface area is 99.4 Å². The second kappa shape index (κ2) is 5.33. The number of hydrogen-bond donors (Lipinski definition) is 3. The molecular formula is C12H17NO4. The van der Waals surface area contributed by atoms with Gasteiger partial charge in [-0.1, -0.05) is 0 Å². The first-order chi connectivity index (χ1) is 8.15. The second-order valence-electron chi connectivity index (χ2n) is 4.47. The van der Waals surface area contributed by atoms with Crippen LogP contribution in [0, 0.1) is 0 Å². The summed E-state index contributed by atoms with van der Waals surface area (Å²) in [4.78, 5) is 10.6. The molecule has 17 heavy (non-hydrogen) atoms. The van der Waals surface area contributed by atoms with Gasteiger partial charge in [-0.05, 0) is 37.8 Å². The summed E-state index contributed by atoms with van der Waals surface area (Å²) in [6, 6.07) is 3.40. The maximum Gasteiger partial charge on any atom is 0.371 e. The molecule has 5 heteroatoms. The Balaban J connectivity index is 1.82. The molecule has 2 atom stereocenters. The van der Waals surface area contributed by atoms with Gasteiger partial charge in [0.25, 0.3) is 0 Å². The van der Waals surface area contributed by atoms with Crippen LogP contribution in [0.25, 0.3) is 0 Å². The van der Waals surface area contributed by atoms with Crippen molar-refractivity contribution >= 4 is 5.97 Å². The van der Waals surface area contributed by atoms with E-state index in [9.17, 15) is 9.90 Å². The highest BCUT2D eigenvalue weighted by molar-refractivity contribution is 5.84. The molecule has 1 saturated carbocycles. The topological polar surface area (TPSA) is 82.7 Å². The zero-order valence-electron chi connectivity index (χ0n) is 9.56. The zero-order valence-corrected chi connectivity index (χ0v) is 9.56. The van der Waals surface area contributed by atoms with E-state index in [1.807, 2.05) is 0 Å². The lowest BCUT2D eigenvalue weighted by atomic mass is 9.93. The van der Waals surface area contributed by atoms with E-state index in [0.29, 0.717) is 12.3 Å². The van der Waals surface area contributed by atoms with E-state index < -0.39 is 5.97 Å². The highest BCUT2D eigenvalue weighted by Gasteiger charge is 2.20. The number of furan rings is 1. The summed E-state index contributed by atoms with van der Waals surface area (Å²) in [5, 5.41) is 21.5. The molecule has 0 saturated heterocycles. The standard InChI is InChI=1S/C12H17NO4/c14-9-3-1-2-8(6-9)13-7-10-4-5-11(17-10)12(15)16/h4-5,8-9,13-14H,1-3,6-7H2,(H,15,16). The minimum absolute atomic E-state index is 0.0366. The quantitative estimate of drug-likeness (QED) is 0.739. The number of carboxylic acids is 1. The zero-order chi connectivity index (χ0) is 12.3. The molecule has 2 rings (SSSR count). The van der Waals surface area contributed by atoms with Crippen molar-refractivity contribution in [2.24, 2.45) is 0 Å². The first-order valence-corrected chi connectivity index (χ1v) is 5.88. The van der Waals surface area contributed by atoms with Gasteiger partial charge in [0.15, 0.2) is 0 Å². The highest BCUT2D eigenvalue weighted by atomic mass is 16.4. The number of hydrogen-bond acceptors (Lipinski definition) is 4. The maximum atomic E-state index is 10.6. The van der Waals surface area contributed by atoms with Crippen molar-refractivity contribution in [3.63, 3.8) is 0 Å². The number of aliphatic hydroxyl groups is 1. The molecule has 1 aromatic heterocycles. The predicted octanol–water partition coefficient (Wildman–Crippen LogP) is 1.37. The van der Waals surface area contributed by atoms with Gasteiger partial charge in [-0.15, -0.1) is 0 Å². The van der Waals surface area contributed by atoms with Crippen molar-refractivity contribution in [1.29, 1.82) is 0 Å². The van der Waals surface area contributed by atoms with Gasteiger partial charge >= 0.3 is 5.97 Å². The van der Waals surface area contributed by atoms with Crippen LogP contribution in [0.3, 0.4) is 0 Å². The van der Waals surface area contributed by atoms with Crippen LogP contribution in [0.1, 0.15) is 42.0 Å². The van der Waals surface area contributed by atoms with Crippen LogP contribution in [-0.4, -0.2) is 28.3 Å². The fourth-order valence-electron chi connectivity index (χ4n) is 2.18. The first kappa shape index (κ1) is 12.1. The SMILES string of the molecule is O=C(O)c1ccc(CNC2CCCC(O)C2)o1. The van der Waals surface area contributed by atoms with Gasteiger partial charge in [0, 0.05) is 6.04 Å². The molecule has 0 amide bonds. The minimum atomic E-state index is -1.05. The van der Waals surface area contributed by atoms with Crippen LogP contribution in [0.4, 0.5) is 0 Å². The van der Waals surface area contributed by atoms with E-state index in [2.05, 4.69) is 5.32 Å². The van der Waals surface area contributed by atoms with Gasteiger partial charge in [0.2, 0.25) is 5.76 Å². The summed E-state index contributed by atoms with van der Waals surface area (Å²) < 4.78 is 5.14. The monoisotopic (exact) mass is 239 g/mol. The Morgan fingerprint density at radius 1 is 1.47 bits per heavy atom. The third-order valence-electron chi connectivity index (χ3n) is 3.08. The molecule has 1 heterocycles.